The average molecular weight is 486 g/mol. The van der Waals surface area contributed by atoms with Crippen molar-refractivity contribution in [3.8, 4) is 0 Å². The molecule has 0 radical (unpaired) electrons. The minimum atomic E-state index is -4.75. The Labute approximate surface area is 194 Å². The number of ketones is 1. The van der Waals surface area contributed by atoms with E-state index in [4.69, 9.17) is 0 Å². The van der Waals surface area contributed by atoms with Crippen LogP contribution in [0.3, 0.4) is 0 Å². The highest BCUT2D eigenvalue weighted by Crippen LogP contribution is 2.44. The lowest BCUT2D eigenvalue weighted by molar-refractivity contribution is -0.384. The van der Waals surface area contributed by atoms with Gasteiger partial charge in [-0.3, -0.25) is 24.6 Å². The van der Waals surface area contributed by atoms with Crippen LogP contribution in [0.1, 0.15) is 22.7 Å². The van der Waals surface area contributed by atoms with E-state index in [0.717, 1.165) is 48.5 Å². The van der Waals surface area contributed by atoms with Crippen molar-refractivity contribution in [2.24, 2.45) is 0 Å². The monoisotopic (exact) mass is 486 g/mol. The number of Topliss-reactive ketones (excluding diaryl/α,β-unsaturated/α-hetero) is 1. The molecule has 0 unspecified atom stereocenters. The van der Waals surface area contributed by atoms with E-state index in [1.807, 2.05) is 0 Å². The molecule has 7 nitrogen and oxygen atoms in total. The molecule has 1 N–H and O–H groups in total. The van der Waals surface area contributed by atoms with E-state index in [0.29, 0.717) is 11.0 Å². The number of nitrogens with zero attached hydrogens (tertiary/aromatic N) is 2. The van der Waals surface area contributed by atoms with Crippen LogP contribution in [0.4, 0.5) is 28.9 Å². The Morgan fingerprint density at radius 1 is 0.971 bits per heavy atom. The van der Waals surface area contributed by atoms with E-state index >= 15 is 0 Å². The number of aliphatic hydroxyl groups excluding tert-OH is 1. The molecule has 0 aliphatic carbocycles. The quantitative estimate of drug-likeness (QED) is 0.133. The summed E-state index contributed by atoms with van der Waals surface area (Å²) in [5.74, 6) is -4.17. The predicted molar refractivity (Wildman–Crippen MR) is 116 cm³/mol. The van der Waals surface area contributed by atoms with Gasteiger partial charge in [0.1, 0.15) is 11.6 Å². The van der Waals surface area contributed by atoms with Gasteiger partial charge in [-0.15, -0.1) is 0 Å². The van der Waals surface area contributed by atoms with Crippen LogP contribution in [0, 0.1) is 15.9 Å². The van der Waals surface area contributed by atoms with Gasteiger partial charge in [0, 0.05) is 28.9 Å². The van der Waals surface area contributed by atoms with E-state index in [9.17, 15) is 42.4 Å². The number of rotatable bonds is 4. The van der Waals surface area contributed by atoms with Crippen LogP contribution >= 0.6 is 0 Å². The second kappa shape index (κ2) is 8.67. The summed E-state index contributed by atoms with van der Waals surface area (Å²) in [6.07, 6.45) is -4.75. The second-order valence-electron chi connectivity index (χ2n) is 7.54. The number of alkyl halides is 3. The largest absolute Gasteiger partial charge is 0.507 e. The summed E-state index contributed by atoms with van der Waals surface area (Å²) in [6, 6.07) is 11.4. The van der Waals surface area contributed by atoms with Gasteiger partial charge in [0.05, 0.1) is 22.1 Å². The maximum Gasteiger partial charge on any atom is 0.416 e. The molecule has 4 rings (SSSR count). The van der Waals surface area contributed by atoms with E-state index in [1.54, 1.807) is 0 Å². The molecular formula is C24H14F4N2O5. The summed E-state index contributed by atoms with van der Waals surface area (Å²) >= 11 is 0. The number of carbonyl (C=O) groups excluding carboxylic acids is 2. The molecule has 3 aromatic rings. The molecule has 1 heterocycles. The lowest BCUT2D eigenvalue weighted by atomic mass is 9.94. The molecule has 0 spiro atoms. The number of anilines is 1. The molecule has 1 atom stereocenters. The fourth-order valence-electron chi connectivity index (χ4n) is 3.82. The molecule has 11 heteroatoms. The third kappa shape index (κ3) is 4.23. The Kier molecular flexibility index (Phi) is 5.85. The SMILES string of the molecule is O=C1C(=O)N(c2cccc(C(F)(F)F)c2)[C@H](c2ccccc2F)C1=C(O)c1ccc([N+](=O)[O-])cc1. The zero-order chi connectivity index (χ0) is 25.5. The summed E-state index contributed by atoms with van der Waals surface area (Å²) in [5, 5.41) is 21.8. The molecular weight excluding hydrogens is 472 g/mol. The molecule has 0 aromatic heterocycles. The highest BCUT2D eigenvalue weighted by Gasteiger charge is 2.48. The number of nitro benzene ring substituents is 1. The number of hydrogen-bond donors (Lipinski definition) is 1. The van der Waals surface area contributed by atoms with Crippen molar-refractivity contribution in [3.05, 3.63) is 111 Å². The van der Waals surface area contributed by atoms with Gasteiger partial charge in [-0.05, 0) is 36.4 Å². The van der Waals surface area contributed by atoms with Gasteiger partial charge in [0.25, 0.3) is 17.4 Å². The van der Waals surface area contributed by atoms with Gasteiger partial charge < -0.3 is 5.11 Å². The van der Waals surface area contributed by atoms with Crippen LogP contribution in [-0.4, -0.2) is 21.7 Å². The molecule has 0 saturated carbocycles. The summed E-state index contributed by atoms with van der Waals surface area (Å²) in [6.45, 7) is 0. The van der Waals surface area contributed by atoms with Crippen LogP contribution in [0.25, 0.3) is 5.76 Å². The zero-order valence-corrected chi connectivity index (χ0v) is 17.5. The Bertz CT molecular complexity index is 1380. The van der Waals surface area contributed by atoms with E-state index in [1.165, 1.54) is 18.2 Å². The highest BCUT2D eigenvalue weighted by atomic mass is 19.4. The number of aliphatic hydroxyl groups is 1. The fraction of sp³-hybridized carbons (Fsp3) is 0.0833. The van der Waals surface area contributed by atoms with Crippen molar-refractivity contribution >= 4 is 28.8 Å². The van der Waals surface area contributed by atoms with E-state index in [2.05, 4.69) is 0 Å². The smallest absolute Gasteiger partial charge is 0.416 e. The first-order valence-corrected chi connectivity index (χ1v) is 9.98. The first-order chi connectivity index (χ1) is 16.5. The molecule has 1 fully saturated rings. The van der Waals surface area contributed by atoms with E-state index < -0.39 is 51.5 Å². The highest BCUT2D eigenvalue weighted by molar-refractivity contribution is 6.51. The van der Waals surface area contributed by atoms with Gasteiger partial charge >= 0.3 is 6.18 Å². The number of non-ortho nitro benzene ring substituents is 1. The van der Waals surface area contributed by atoms with Crippen LogP contribution in [0.5, 0.6) is 0 Å². The number of carbonyl (C=O) groups is 2. The third-order valence-corrected chi connectivity index (χ3v) is 5.45. The van der Waals surface area contributed by atoms with Crippen molar-refractivity contribution in [1.29, 1.82) is 0 Å². The average Bonchev–Trinajstić information content (AvgIpc) is 3.08. The third-order valence-electron chi connectivity index (χ3n) is 5.45. The maximum absolute atomic E-state index is 14.8. The molecule has 1 aliphatic rings. The van der Waals surface area contributed by atoms with Gasteiger partial charge in [-0.1, -0.05) is 24.3 Å². The van der Waals surface area contributed by atoms with Crippen molar-refractivity contribution in [2.75, 3.05) is 4.90 Å². The van der Waals surface area contributed by atoms with Gasteiger partial charge in [-0.25, -0.2) is 4.39 Å². The lowest BCUT2D eigenvalue weighted by Gasteiger charge is -2.26. The lowest BCUT2D eigenvalue weighted by Crippen LogP contribution is -2.30. The molecule has 178 valence electrons. The Balaban J connectivity index is 1.94. The van der Waals surface area contributed by atoms with Crippen LogP contribution in [-0.2, 0) is 15.8 Å². The van der Waals surface area contributed by atoms with Crippen molar-refractivity contribution in [1.82, 2.24) is 0 Å². The predicted octanol–water partition coefficient (Wildman–Crippen LogP) is 5.38. The van der Waals surface area contributed by atoms with Gasteiger partial charge in [-0.2, -0.15) is 13.2 Å². The molecule has 1 saturated heterocycles. The Morgan fingerprint density at radius 3 is 2.23 bits per heavy atom. The fourth-order valence-corrected chi connectivity index (χ4v) is 3.82. The maximum atomic E-state index is 14.8. The Hall–Kier alpha value is -4.54. The van der Waals surface area contributed by atoms with Crippen molar-refractivity contribution < 1.29 is 37.2 Å². The van der Waals surface area contributed by atoms with E-state index in [-0.39, 0.29) is 22.5 Å². The number of hydrogen-bond acceptors (Lipinski definition) is 5. The molecule has 1 amide bonds. The number of benzene rings is 3. The molecule has 3 aromatic carbocycles. The standard InChI is InChI=1S/C24H14F4N2O5/c25-18-7-2-1-6-17(18)20-19(21(31)13-8-10-15(11-9-13)30(34)35)22(32)23(33)29(20)16-5-3-4-14(12-16)24(26,27)28/h1-12,20,31H/t20-/m1/s1. The first kappa shape index (κ1) is 23.6. The molecule has 0 bridgehead atoms. The first-order valence-electron chi connectivity index (χ1n) is 9.98. The number of amides is 1. The second-order valence-corrected chi connectivity index (χ2v) is 7.54. The molecule has 1 aliphatic heterocycles. The minimum absolute atomic E-state index is 0.0843. The number of nitro groups is 1. The van der Waals surface area contributed by atoms with Crippen molar-refractivity contribution in [2.45, 2.75) is 12.2 Å². The van der Waals surface area contributed by atoms with Gasteiger partial charge in [0.2, 0.25) is 0 Å². The van der Waals surface area contributed by atoms with Crippen molar-refractivity contribution in [3.63, 3.8) is 0 Å². The molecule has 35 heavy (non-hydrogen) atoms. The van der Waals surface area contributed by atoms with Gasteiger partial charge in [0.15, 0.2) is 0 Å². The van der Waals surface area contributed by atoms with Crippen LogP contribution in [0.2, 0.25) is 0 Å². The summed E-state index contributed by atoms with van der Waals surface area (Å²) in [4.78, 5) is 36.9. The Morgan fingerprint density at radius 2 is 1.63 bits per heavy atom. The zero-order valence-electron chi connectivity index (χ0n) is 17.5. The number of halogens is 4. The van der Waals surface area contributed by atoms with Crippen LogP contribution in [0.15, 0.2) is 78.4 Å². The normalized spacial score (nSPS) is 17.6. The summed E-state index contributed by atoms with van der Waals surface area (Å²) in [5.41, 5.74) is -2.65. The summed E-state index contributed by atoms with van der Waals surface area (Å²) < 4.78 is 54.7. The minimum Gasteiger partial charge on any atom is -0.507 e. The topological polar surface area (TPSA) is 101 Å². The summed E-state index contributed by atoms with van der Waals surface area (Å²) in [7, 11) is 0. The van der Waals surface area contributed by atoms with Crippen LogP contribution < -0.4 is 4.90 Å².